The highest BCUT2D eigenvalue weighted by atomic mass is 15.4. The number of piperazine rings is 1. The minimum Gasteiger partial charge on any atom is -0.311 e. The smallest absolute Gasteiger partial charge is 0.0967 e. The fourth-order valence-electron chi connectivity index (χ4n) is 2.69. The third kappa shape index (κ3) is 3.29. The average molecular weight is 251 g/mol. The van der Waals surface area contributed by atoms with Crippen molar-refractivity contribution in [3.05, 3.63) is 11.9 Å². The van der Waals surface area contributed by atoms with Crippen molar-refractivity contribution in [1.82, 2.24) is 25.2 Å². The summed E-state index contributed by atoms with van der Waals surface area (Å²) in [5.41, 5.74) is 1.08. The van der Waals surface area contributed by atoms with Crippen LogP contribution in [-0.2, 0) is 13.6 Å². The quantitative estimate of drug-likeness (QED) is 0.853. The van der Waals surface area contributed by atoms with Gasteiger partial charge in [0.05, 0.1) is 5.69 Å². The van der Waals surface area contributed by atoms with Gasteiger partial charge in [-0.3, -0.25) is 9.58 Å². The molecule has 1 fully saturated rings. The lowest BCUT2D eigenvalue weighted by molar-refractivity contribution is 0.112. The van der Waals surface area contributed by atoms with E-state index in [0.29, 0.717) is 12.1 Å². The summed E-state index contributed by atoms with van der Waals surface area (Å²) in [6.45, 7) is 7.66. The molecular weight excluding hydrogens is 226 g/mol. The second-order valence-corrected chi connectivity index (χ2v) is 5.27. The van der Waals surface area contributed by atoms with Crippen LogP contribution in [-0.4, -0.2) is 45.1 Å². The first-order valence-corrected chi connectivity index (χ1v) is 7.05. The molecule has 1 aromatic heterocycles. The Hall–Kier alpha value is -0.940. The molecule has 0 amide bonds. The van der Waals surface area contributed by atoms with E-state index < -0.39 is 0 Å². The molecular formula is C13H25N5. The Labute approximate surface area is 110 Å². The highest BCUT2D eigenvalue weighted by molar-refractivity contribution is 4.95. The Morgan fingerprint density at radius 1 is 1.44 bits per heavy atom. The lowest BCUT2D eigenvalue weighted by Crippen LogP contribution is -2.55. The van der Waals surface area contributed by atoms with Gasteiger partial charge < -0.3 is 5.32 Å². The summed E-state index contributed by atoms with van der Waals surface area (Å²) in [7, 11) is 1.92. The van der Waals surface area contributed by atoms with E-state index in [9.17, 15) is 0 Å². The van der Waals surface area contributed by atoms with E-state index in [2.05, 4.69) is 34.4 Å². The van der Waals surface area contributed by atoms with Crippen LogP contribution < -0.4 is 5.32 Å². The van der Waals surface area contributed by atoms with Crippen LogP contribution in [0.15, 0.2) is 6.20 Å². The van der Waals surface area contributed by atoms with Gasteiger partial charge in [0.1, 0.15) is 0 Å². The topological polar surface area (TPSA) is 46.0 Å². The lowest BCUT2D eigenvalue weighted by atomic mass is 10.0. The summed E-state index contributed by atoms with van der Waals surface area (Å²) in [5.74, 6) is 0. The van der Waals surface area contributed by atoms with Crippen molar-refractivity contribution < 1.29 is 0 Å². The molecule has 2 atom stereocenters. The zero-order valence-corrected chi connectivity index (χ0v) is 11.8. The van der Waals surface area contributed by atoms with Crippen molar-refractivity contribution >= 4 is 0 Å². The minimum atomic E-state index is 0.620. The number of hydrogen-bond donors (Lipinski definition) is 1. The van der Waals surface area contributed by atoms with Gasteiger partial charge in [0, 0.05) is 45.0 Å². The predicted octanol–water partition coefficient (Wildman–Crippen LogP) is 1.17. The molecule has 0 aliphatic carbocycles. The van der Waals surface area contributed by atoms with Crippen LogP contribution in [0.5, 0.6) is 0 Å². The zero-order valence-electron chi connectivity index (χ0n) is 11.8. The van der Waals surface area contributed by atoms with Gasteiger partial charge in [-0.2, -0.15) is 0 Å². The summed E-state index contributed by atoms with van der Waals surface area (Å²) >= 11 is 0. The van der Waals surface area contributed by atoms with E-state index in [-0.39, 0.29) is 0 Å². The molecule has 102 valence electrons. The molecule has 0 bridgehead atoms. The number of hydrogen-bond acceptors (Lipinski definition) is 4. The van der Waals surface area contributed by atoms with E-state index >= 15 is 0 Å². The fourth-order valence-corrected chi connectivity index (χ4v) is 2.69. The third-order valence-corrected chi connectivity index (χ3v) is 3.74. The zero-order chi connectivity index (χ0) is 13.0. The molecule has 2 rings (SSSR count). The molecule has 0 spiro atoms. The molecule has 1 aliphatic heterocycles. The van der Waals surface area contributed by atoms with Crippen LogP contribution >= 0.6 is 0 Å². The second kappa shape index (κ2) is 6.29. The Morgan fingerprint density at radius 2 is 2.28 bits per heavy atom. The molecule has 1 saturated heterocycles. The van der Waals surface area contributed by atoms with Crippen LogP contribution in [0.4, 0.5) is 0 Å². The third-order valence-electron chi connectivity index (χ3n) is 3.74. The van der Waals surface area contributed by atoms with E-state index in [4.69, 9.17) is 0 Å². The molecule has 0 aromatic carbocycles. The summed E-state index contributed by atoms with van der Waals surface area (Å²) in [5, 5.41) is 11.9. The van der Waals surface area contributed by atoms with Crippen molar-refractivity contribution in [1.29, 1.82) is 0 Å². The molecule has 18 heavy (non-hydrogen) atoms. The van der Waals surface area contributed by atoms with Crippen molar-refractivity contribution in [3.63, 3.8) is 0 Å². The van der Waals surface area contributed by atoms with Crippen LogP contribution in [0.1, 0.15) is 38.8 Å². The highest BCUT2D eigenvalue weighted by Gasteiger charge is 2.26. The summed E-state index contributed by atoms with van der Waals surface area (Å²) in [4.78, 5) is 2.57. The average Bonchev–Trinajstić information content (AvgIpc) is 2.77. The Balaban J connectivity index is 2.00. The van der Waals surface area contributed by atoms with E-state index in [1.54, 1.807) is 4.68 Å². The number of rotatable bonds is 5. The first kappa shape index (κ1) is 13.5. The SMILES string of the molecule is CCCC1CNC(CC)CN1Cc1cn(C)nn1. The van der Waals surface area contributed by atoms with Gasteiger partial charge in [0.2, 0.25) is 0 Å². The normalized spacial score (nSPS) is 25.5. The summed E-state index contributed by atoms with van der Waals surface area (Å²) < 4.78 is 1.78. The van der Waals surface area contributed by atoms with Crippen LogP contribution in [0.25, 0.3) is 0 Å². The molecule has 1 aliphatic rings. The molecule has 1 aromatic rings. The summed E-state index contributed by atoms with van der Waals surface area (Å²) in [6.07, 6.45) is 5.70. The predicted molar refractivity (Wildman–Crippen MR) is 72.2 cm³/mol. The molecule has 1 N–H and O–H groups in total. The van der Waals surface area contributed by atoms with Gasteiger partial charge in [-0.15, -0.1) is 5.10 Å². The monoisotopic (exact) mass is 251 g/mol. The first-order chi connectivity index (χ1) is 8.72. The number of nitrogens with one attached hydrogen (secondary N) is 1. The number of aromatic nitrogens is 3. The van der Waals surface area contributed by atoms with Crippen molar-refractivity contribution in [2.75, 3.05) is 13.1 Å². The maximum Gasteiger partial charge on any atom is 0.0967 e. The molecule has 2 unspecified atom stereocenters. The van der Waals surface area contributed by atoms with Crippen molar-refractivity contribution in [2.24, 2.45) is 7.05 Å². The Bertz CT molecular complexity index is 362. The van der Waals surface area contributed by atoms with Crippen LogP contribution in [0.3, 0.4) is 0 Å². The maximum atomic E-state index is 4.21. The van der Waals surface area contributed by atoms with Gasteiger partial charge in [0.25, 0.3) is 0 Å². The van der Waals surface area contributed by atoms with Crippen LogP contribution in [0.2, 0.25) is 0 Å². The van der Waals surface area contributed by atoms with Crippen molar-refractivity contribution in [2.45, 2.75) is 51.7 Å². The van der Waals surface area contributed by atoms with Gasteiger partial charge in [-0.1, -0.05) is 25.5 Å². The van der Waals surface area contributed by atoms with Gasteiger partial charge >= 0.3 is 0 Å². The second-order valence-electron chi connectivity index (χ2n) is 5.27. The maximum absolute atomic E-state index is 4.21. The molecule has 2 heterocycles. The van der Waals surface area contributed by atoms with Crippen LogP contribution in [0, 0.1) is 0 Å². The molecule has 5 nitrogen and oxygen atoms in total. The molecule has 5 heteroatoms. The van der Waals surface area contributed by atoms with E-state index in [1.807, 2.05) is 13.2 Å². The minimum absolute atomic E-state index is 0.620. The molecule has 0 saturated carbocycles. The summed E-state index contributed by atoms with van der Waals surface area (Å²) in [6, 6.07) is 1.26. The largest absolute Gasteiger partial charge is 0.311 e. The van der Waals surface area contributed by atoms with E-state index in [0.717, 1.165) is 25.3 Å². The first-order valence-electron chi connectivity index (χ1n) is 7.05. The Morgan fingerprint density at radius 3 is 2.89 bits per heavy atom. The van der Waals surface area contributed by atoms with Gasteiger partial charge in [-0.25, -0.2) is 0 Å². The van der Waals surface area contributed by atoms with Gasteiger partial charge in [0.15, 0.2) is 0 Å². The van der Waals surface area contributed by atoms with Crippen molar-refractivity contribution in [3.8, 4) is 0 Å². The number of aryl methyl sites for hydroxylation is 1. The van der Waals surface area contributed by atoms with Gasteiger partial charge in [-0.05, 0) is 12.8 Å². The van der Waals surface area contributed by atoms with E-state index in [1.165, 1.54) is 19.3 Å². The number of nitrogens with zero attached hydrogens (tertiary/aromatic N) is 4. The standard InChI is InChI=1S/C13H25N5/c1-4-6-13-7-14-11(5-2)9-18(13)10-12-8-17(3)16-15-12/h8,11,13-14H,4-7,9-10H2,1-3H3. The fraction of sp³-hybridized carbons (Fsp3) is 0.846. The molecule has 0 radical (unpaired) electrons. The lowest BCUT2D eigenvalue weighted by Gasteiger charge is -2.40. The highest BCUT2D eigenvalue weighted by Crippen LogP contribution is 2.16. The Kier molecular flexibility index (Phi) is 4.72.